The molecule has 1 unspecified atom stereocenters. The Morgan fingerprint density at radius 3 is 2.83 bits per heavy atom. The quantitative estimate of drug-likeness (QED) is 0.778. The molecule has 0 radical (unpaired) electrons. The topological polar surface area (TPSA) is 14.2 Å². The summed E-state index contributed by atoms with van der Waals surface area (Å²) < 4.78 is 7.44. The van der Waals surface area contributed by atoms with Gasteiger partial charge in [-0.05, 0) is 30.2 Å². The summed E-state index contributed by atoms with van der Waals surface area (Å²) in [5.74, 6) is 1.42. The second-order valence-corrected chi connectivity index (χ2v) is 4.72. The summed E-state index contributed by atoms with van der Waals surface area (Å²) in [4.78, 5) is 0. The van der Waals surface area contributed by atoms with E-state index in [0.717, 1.165) is 12.2 Å². The predicted octanol–water partition coefficient (Wildman–Crippen LogP) is 3.75. The van der Waals surface area contributed by atoms with Crippen LogP contribution in [0.4, 0.5) is 0 Å². The van der Waals surface area contributed by atoms with Gasteiger partial charge in [0.2, 0.25) is 0 Å². The van der Waals surface area contributed by atoms with Crippen molar-refractivity contribution in [2.75, 3.05) is 7.11 Å². The second kappa shape index (κ2) is 4.37. The van der Waals surface area contributed by atoms with E-state index < -0.39 is 0 Å². The van der Waals surface area contributed by atoms with Gasteiger partial charge in [-0.25, -0.2) is 0 Å². The number of para-hydroxylation sites is 1. The molecular formula is C16H17NO. The van der Waals surface area contributed by atoms with Crippen molar-refractivity contribution in [3.8, 4) is 0 Å². The third-order valence-corrected chi connectivity index (χ3v) is 3.63. The molecule has 0 spiro atoms. The molecule has 0 bridgehead atoms. The lowest BCUT2D eigenvalue weighted by Crippen LogP contribution is -1.99. The van der Waals surface area contributed by atoms with Crippen LogP contribution in [0.15, 0.2) is 54.4 Å². The van der Waals surface area contributed by atoms with Gasteiger partial charge < -0.3 is 9.30 Å². The summed E-state index contributed by atoms with van der Waals surface area (Å²) in [5, 5.41) is 1.35. The van der Waals surface area contributed by atoms with E-state index in [1.807, 2.05) is 0 Å². The first-order chi connectivity index (χ1) is 8.79. The van der Waals surface area contributed by atoms with E-state index in [1.54, 1.807) is 7.11 Å². The lowest BCUT2D eigenvalue weighted by Gasteiger charge is -2.15. The number of hydrogen-bond acceptors (Lipinski definition) is 1. The highest BCUT2D eigenvalue weighted by Gasteiger charge is 2.16. The summed E-state index contributed by atoms with van der Waals surface area (Å²) in [7, 11) is 3.82. The molecule has 2 nitrogen and oxygen atoms in total. The van der Waals surface area contributed by atoms with Gasteiger partial charge in [0.15, 0.2) is 0 Å². The summed E-state index contributed by atoms with van der Waals surface area (Å²) in [6.45, 7) is 0. The van der Waals surface area contributed by atoms with Crippen molar-refractivity contribution in [1.82, 2.24) is 4.57 Å². The van der Waals surface area contributed by atoms with E-state index in [9.17, 15) is 0 Å². The molecule has 0 amide bonds. The molecule has 18 heavy (non-hydrogen) atoms. The van der Waals surface area contributed by atoms with Gasteiger partial charge in [-0.2, -0.15) is 0 Å². The molecular weight excluding hydrogens is 222 g/mol. The minimum absolute atomic E-state index is 0.454. The van der Waals surface area contributed by atoms with Crippen LogP contribution in [-0.2, 0) is 11.8 Å². The smallest absolute Gasteiger partial charge is 0.114 e. The SMILES string of the molecule is COC1=CCC(c2cn(C)c3ccccc23)C=C1. The van der Waals surface area contributed by atoms with Crippen molar-refractivity contribution in [2.45, 2.75) is 12.3 Å². The first-order valence-corrected chi connectivity index (χ1v) is 6.26. The lowest BCUT2D eigenvalue weighted by atomic mass is 9.92. The Labute approximate surface area is 107 Å². The third kappa shape index (κ3) is 1.74. The monoisotopic (exact) mass is 239 g/mol. The molecule has 2 heteroatoms. The average Bonchev–Trinajstić information content (AvgIpc) is 2.77. The van der Waals surface area contributed by atoms with Crippen LogP contribution >= 0.6 is 0 Å². The number of aromatic nitrogens is 1. The predicted molar refractivity (Wildman–Crippen MR) is 74.5 cm³/mol. The van der Waals surface area contributed by atoms with Crippen molar-refractivity contribution >= 4 is 10.9 Å². The first kappa shape index (κ1) is 11.1. The molecule has 0 saturated heterocycles. The third-order valence-electron chi connectivity index (χ3n) is 3.63. The van der Waals surface area contributed by atoms with E-state index in [1.165, 1.54) is 16.5 Å². The Morgan fingerprint density at radius 2 is 2.11 bits per heavy atom. The Hall–Kier alpha value is -1.96. The zero-order valence-corrected chi connectivity index (χ0v) is 10.8. The molecule has 0 aliphatic heterocycles. The number of allylic oxidation sites excluding steroid dienone is 3. The van der Waals surface area contributed by atoms with E-state index in [4.69, 9.17) is 4.74 Å². The largest absolute Gasteiger partial charge is 0.497 e. The Bertz CT molecular complexity index is 634. The van der Waals surface area contributed by atoms with Crippen LogP contribution in [0.2, 0.25) is 0 Å². The number of benzene rings is 1. The number of methoxy groups -OCH3 is 1. The number of rotatable bonds is 2. The maximum absolute atomic E-state index is 5.24. The minimum Gasteiger partial charge on any atom is -0.497 e. The highest BCUT2D eigenvalue weighted by molar-refractivity contribution is 5.84. The summed E-state index contributed by atoms with van der Waals surface area (Å²) in [6, 6.07) is 8.57. The summed E-state index contributed by atoms with van der Waals surface area (Å²) in [5.41, 5.74) is 2.69. The molecule has 1 aliphatic rings. The van der Waals surface area contributed by atoms with Crippen LogP contribution in [-0.4, -0.2) is 11.7 Å². The van der Waals surface area contributed by atoms with Gasteiger partial charge in [0.25, 0.3) is 0 Å². The molecule has 1 aromatic carbocycles. The van der Waals surface area contributed by atoms with Crippen molar-refractivity contribution < 1.29 is 4.74 Å². The molecule has 92 valence electrons. The molecule has 2 aromatic rings. The van der Waals surface area contributed by atoms with Gasteiger partial charge in [-0.3, -0.25) is 0 Å². The first-order valence-electron chi connectivity index (χ1n) is 6.26. The Kier molecular flexibility index (Phi) is 2.71. The van der Waals surface area contributed by atoms with E-state index in [-0.39, 0.29) is 0 Å². The standard InChI is InChI=1S/C16H17NO/c1-17-11-15(14-5-3-4-6-16(14)17)12-7-9-13(18-2)10-8-12/h3-7,9-12H,8H2,1-2H3. The Morgan fingerprint density at radius 1 is 1.28 bits per heavy atom. The van der Waals surface area contributed by atoms with Gasteiger partial charge in [-0.15, -0.1) is 0 Å². The molecule has 1 aromatic heterocycles. The normalized spacial score (nSPS) is 19.0. The van der Waals surface area contributed by atoms with Crippen LogP contribution in [0.1, 0.15) is 17.9 Å². The zero-order valence-electron chi connectivity index (χ0n) is 10.8. The van der Waals surface area contributed by atoms with Gasteiger partial charge in [0, 0.05) is 30.1 Å². The second-order valence-electron chi connectivity index (χ2n) is 4.72. The molecule has 0 N–H and O–H groups in total. The molecule has 1 aliphatic carbocycles. The number of hydrogen-bond donors (Lipinski definition) is 0. The molecule has 1 atom stereocenters. The number of fused-ring (bicyclic) bond motifs is 1. The van der Waals surface area contributed by atoms with Gasteiger partial charge in [0.1, 0.15) is 5.76 Å². The Balaban J connectivity index is 2.02. The highest BCUT2D eigenvalue weighted by Crippen LogP contribution is 2.33. The van der Waals surface area contributed by atoms with Crippen molar-refractivity contribution in [1.29, 1.82) is 0 Å². The minimum atomic E-state index is 0.454. The summed E-state index contributed by atoms with van der Waals surface area (Å²) in [6.07, 6.45) is 9.71. The van der Waals surface area contributed by atoms with Gasteiger partial charge in [-0.1, -0.05) is 24.3 Å². The number of aryl methyl sites for hydroxylation is 1. The fraction of sp³-hybridized carbons (Fsp3) is 0.250. The van der Waals surface area contributed by atoms with Gasteiger partial charge in [0.05, 0.1) is 7.11 Å². The van der Waals surface area contributed by atoms with Crippen LogP contribution in [0.3, 0.4) is 0 Å². The van der Waals surface area contributed by atoms with E-state index >= 15 is 0 Å². The van der Waals surface area contributed by atoms with Gasteiger partial charge >= 0.3 is 0 Å². The van der Waals surface area contributed by atoms with Crippen LogP contribution < -0.4 is 0 Å². The average molecular weight is 239 g/mol. The fourth-order valence-corrected chi connectivity index (χ4v) is 2.65. The maximum Gasteiger partial charge on any atom is 0.114 e. The molecule has 1 heterocycles. The highest BCUT2D eigenvalue weighted by atomic mass is 16.5. The van der Waals surface area contributed by atoms with Crippen LogP contribution in [0.5, 0.6) is 0 Å². The van der Waals surface area contributed by atoms with Crippen LogP contribution in [0, 0.1) is 0 Å². The lowest BCUT2D eigenvalue weighted by molar-refractivity contribution is 0.303. The number of ether oxygens (including phenoxy) is 1. The van der Waals surface area contributed by atoms with E-state index in [0.29, 0.717) is 5.92 Å². The van der Waals surface area contributed by atoms with Crippen molar-refractivity contribution in [2.24, 2.45) is 7.05 Å². The molecule has 3 rings (SSSR count). The van der Waals surface area contributed by atoms with Crippen LogP contribution in [0.25, 0.3) is 10.9 Å². The van der Waals surface area contributed by atoms with E-state index in [2.05, 4.69) is 60.3 Å². The number of nitrogens with zero attached hydrogens (tertiary/aromatic N) is 1. The zero-order chi connectivity index (χ0) is 12.5. The summed E-state index contributed by atoms with van der Waals surface area (Å²) >= 11 is 0. The fourth-order valence-electron chi connectivity index (χ4n) is 2.65. The molecule has 0 fully saturated rings. The van der Waals surface area contributed by atoms with Crippen molar-refractivity contribution in [3.05, 3.63) is 60.0 Å². The maximum atomic E-state index is 5.24. The molecule has 0 saturated carbocycles. The van der Waals surface area contributed by atoms with Crippen molar-refractivity contribution in [3.63, 3.8) is 0 Å².